The predicted octanol–water partition coefficient (Wildman–Crippen LogP) is 3.53. The van der Waals surface area contributed by atoms with Crippen molar-refractivity contribution in [1.82, 2.24) is 0 Å². The molecule has 3 saturated carbocycles. The minimum atomic E-state index is -0.184. The predicted molar refractivity (Wildman–Crippen MR) is 77.7 cm³/mol. The van der Waals surface area contributed by atoms with Crippen molar-refractivity contribution in [3.05, 3.63) is 0 Å². The molecular weight excluding hydrogens is 276 g/mol. The van der Waals surface area contributed by atoms with Gasteiger partial charge < -0.3 is 0 Å². The molecule has 16 heavy (non-hydrogen) atoms. The molecule has 0 saturated heterocycles. The molecular formula is C14H23BrSi. The van der Waals surface area contributed by atoms with E-state index in [0.717, 1.165) is 17.4 Å². The van der Waals surface area contributed by atoms with Gasteiger partial charge in [0.1, 0.15) is 9.52 Å². The summed E-state index contributed by atoms with van der Waals surface area (Å²) in [6, 6.07) is 0. The second-order valence-electron chi connectivity index (χ2n) is 6.68. The molecule has 2 heteroatoms. The van der Waals surface area contributed by atoms with Gasteiger partial charge in [-0.25, -0.2) is 0 Å². The van der Waals surface area contributed by atoms with Gasteiger partial charge >= 0.3 is 0 Å². The first kappa shape index (κ1) is 12.7. The van der Waals surface area contributed by atoms with Crippen LogP contribution >= 0.6 is 15.9 Å². The van der Waals surface area contributed by atoms with Crippen LogP contribution in [-0.2, 0) is 0 Å². The summed E-state index contributed by atoms with van der Waals surface area (Å²) in [4.78, 5) is 0. The normalized spacial score (nSPS) is 36.7. The largest absolute Gasteiger partial charge is 0.138 e. The van der Waals surface area contributed by atoms with Gasteiger partial charge in [0, 0.05) is 0 Å². The van der Waals surface area contributed by atoms with E-state index in [9.17, 15) is 0 Å². The Bertz CT molecular complexity index is 327. The van der Waals surface area contributed by atoms with Crippen molar-refractivity contribution in [3.63, 3.8) is 0 Å². The molecule has 90 valence electrons. The molecule has 0 amide bonds. The third kappa shape index (κ3) is 2.41. The number of alkyl halides is 1. The van der Waals surface area contributed by atoms with Crippen LogP contribution in [0.2, 0.25) is 5.54 Å². The SMILES string of the molecule is CC(C)(Br)C#C[SiH2][C@H]1CC[C@H]2C[C@H]1C2(C)C. The molecule has 2 bridgehead atoms. The Morgan fingerprint density at radius 3 is 2.50 bits per heavy atom. The fourth-order valence-electron chi connectivity index (χ4n) is 3.60. The van der Waals surface area contributed by atoms with E-state index in [1.165, 1.54) is 19.3 Å². The topological polar surface area (TPSA) is 0 Å². The number of hydrogen-bond acceptors (Lipinski definition) is 0. The maximum atomic E-state index is 3.60. The van der Waals surface area contributed by atoms with Gasteiger partial charge in [0.05, 0.1) is 4.32 Å². The van der Waals surface area contributed by atoms with E-state index in [2.05, 4.69) is 55.1 Å². The average molecular weight is 299 g/mol. The van der Waals surface area contributed by atoms with Crippen molar-refractivity contribution in [3.8, 4) is 11.5 Å². The first-order valence-electron chi connectivity index (χ1n) is 6.49. The van der Waals surface area contributed by atoms with Crippen LogP contribution in [-0.4, -0.2) is 13.8 Å². The lowest BCUT2D eigenvalue weighted by Crippen LogP contribution is -2.51. The fourth-order valence-corrected chi connectivity index (χ4v) is 6.33. The molecule has 3 atom stereocenters. The van der Waals surface area contributed by atoms with E-state index >= 15 is 0 Å². The molecule has 0 radical (unpaired) electrons. The fraction of sp³-hybridized carbons (Fsp3) is 0.857. The highest BCUT2D eigenvalue weighted by Crippen LogP contribution is 2.63. The van der Waals surface area contributed by atoms with Crippen LogP contribution in [0.5, 0.6) is 0 Å². The molecule has 0 heterocycles. The van der Waals surface area contributed by atoms with Crippen molar-refractivity contribution in [2.75, 3.05) is 0 Å². The molecule has 3 aliphatic carbocycles. The van der Waals surface area contributed by atoms with Crippen molar-refractivity contribution < 1.29 is 0 Å². The second kappa shape index (κ2) is 4.17. The summed E-state index contributed by atoms with van der Waals surface area (Å²) in [5.41, 5.74) is 5.17. The zero-order chi connectivity index (χ0) is 12.0. The highest BCUT2D eigenvalue weighted by Gasteiger charge is 2.53. The second-order valence-corrected chi connectivity index (χ2v) is 10.5. The molecule has 0 aromatic heterocycles. The summed E-state index contributed by atoms with van der Waals surface area (Å²) in [6.07, 6.45) is 4.45. The molecule has 0 N–H and O–H groups in total. The Morgan fingerprint density at radius 1 is 1.31 bits per heavy atom. The van der Waals surface area contributed by atoms with Crippen LogP contribution in [0.25, 0.3) is 0 Å². The van der Waals surface area contributed by atoms with Crippen LogP contribution in [0.3, 0.4) is 0 Å². The number of rotatable bonds is 1. The third-order valence-corrected chi connectivity index (χ3v) is 6.83. The van der Waals surface area contributed by atoms with Crippen LogP contribution in [0.15, 0.2) is 0 Å². The molecule has 0 spiro atoms. The zero-order valence-corrected chi connectivity index (χ0v) is 13.9. The molecule has 0 aliphatic heterocycles. The van der Waals surface area contributed by atoms with Crippen LogP contribution in [0.1, 0.15) is 47.0 Å². The Kier molecular flexibility index (Phi) is 3.32. The van der Waals surface area contributed by atoms with Gasteiger partial charge in [-0.2, -0.15) is 0 Å². The summed E-state index contributed by atoms with van der Waals surface area (Å²) >= 11 is 3.60. The molecule has 0 unspecified atom stereocenters. The standard InChI is InChI=1S/C14H23BrSi/c1-13(2,15)7-8-16-12-6-5-10-9-11(12)14(10,3)4/h10-12H,5-6,9,16H2,1-4H3/t10-,11+,12-/m0/s1. The summed E-state index contributed by atoms with van der Waals surface area (Å²) in [7, 11) is -0.184. The van der Waals surface area contributed by atoms with Gasteiger partial charge in [-0.1, -0.05) is 42.1 Å². The van der Waals surface area contributed by atoms with E-state index in [4.69, 9.17) is 0 Å². The van der Waals surface area contributed by atoms with Crippen LogP contribution in [0, 0.1) is 28.7 Å². The van der Waals surface area contributed by atoms with Crippen molar-refractivity contribution in [2.45, 2.75) is 56.8 Å². The van der Waals surface area contributed by atoms with Gasteiger partial charge in [-0.15, -0.1) is 5.54 Å². The van der Waals surface area contributed by atoms with Gasteiger partial charge in [0.15, 0.2) is 0 Å². The Labute approximate surface area is 111 Å². The monoisotopic (exact) mass is 298 g/mol. The maximum Gasteiger partial charge on any atom is 0.110 e. The van der Waals surface area contributed by atoms with E-state index < -0.39 is 0 Å². The lowest BCUT2D eigenvalue weighted by molar-refractivity contribution is -0.0640. The van der Waals surface area contributed by atoms with Crippen molar-refractivity contribution in [2.24, 2.45) is 17.3 Å². The summed E-state index contributed by atoms with van der Waals surface area (Å²) < 4.78 is 0.0202. The first-order valence-corrected chi connectivity index (χ1v) is 8.81. The van der Waals surface area contributed by atoms with Crippen LogP contribution < -0.4 is 0 Å². The van der Waals surface area contributed by atoms with E-state index in [-0.39, 0.29) is 13.8 Å². The number of hydrogen-bond donors (Lipinski definition) is 0. The molecule has 3 aliphatic rings. The van der Waals surface area contributed by atoms with E-state index in [1.807, 2.05) is 0 Å². The molecule has 0 aromatic rings. The van der Waals surface area contributed by atoms with Gasteiger partial charge in [0.2, 0.25) is 0 Å². The summed E-state index contributed by atoms with van der Waals surface area (Å²) in [6.45, 7) is 9.24. The zero-order valence-electron chi connectivity index (χ0n) is 10.9. The smallest absolute Gasteiger partial charge is 0.110 e. The molecule has 0 nitrogen and oxygen atoms in total. The van der Waals surface area contributed by atoms with Crippen molar-refractivity contribution in [1.29, 1.82) is 0 Å². The minimum Gasteiger partial charge on any atom is -0.138 e. The van der Waals surface area contributed by atoms with Gasteiger partial charge in [-0.05, 0) is 49.5 Å². The Morgan fingerprint density at radius 2 is 2.00 bits per heavy atom. The minimum absolute atomic E-state index is 0.0202. The lowest BCUT2D eigenvalue weighted by atomic mass is 9.48. The molecule has 0 aromatic carbocycles. The van der Waals surface area contributed by atoms with Crippen molar-refractivity contribution >= 4 is 25.4 Å². The molecule has 3 fully saturated rings. The van der Waals surface area contributed by atoms with Crippen LogP contribution in [0.4, 0.5) is 0 Å². The average Bonchev–Trinajstić information content (AvgIpc) is 2.15. The van der Waals surface area contributed by atoms with Gasteiger partial charge in [-0.3, -0.25) is 0 Å². The van der Waals surface area contributed by atoms with E-state index in [0.29, 0.717) is 5.41 Å². The van der Waals surface area contributed by atoms with Gasteiger partial charge in [0.25, 0.3) is 0 Å². The Balaban J connectivity index is 1.94. The third-order valence-electron chi connectivity index (χ3n) is 4.75. The Hall–Kier alpha value is 0.257. The first-order chi connectivity index (χ1) is 7.31. The highest BCUT2D eigenvalue weighted by atomic mass is 79.9. The maximum absolute atomic E-state index is 3.60. The summed E-state index contributed by atoms with van der Waals surface area (Å²) in [5, 5.41) is 0. The molecule has 3 rings (SSSR count). The number of halogens is 1. The number of fused-ring (bicyclic) bond motifs is 2. The van der Waals surface area contributed by atoms with E-state index in [1.54, 1.807) is 0 Å². The highest BCUT2D eigenvalue weighted by molar-refractivity contribution is 9.10. The summed E-state index contributed by atoms with van der Waals surface area (Å²) in [5.74, 6) is 5.40. The quantitative estimate of drug-likeness (QED) is 0.395. The lowest BCUT2D eigenvalue weighted by Gasteiger charge is -2.60.